The monoisotopic (exact) mass is 260 g/mol. The van der Waals surface area contributed by atoms with E-state index in [1.54, 1.807) is 19.2 Å². The Morgan fingerprint density at radius 2 is 2.32 bits per heavy atom. The predicted octanol–water partition coefficient (Wildman–Crippen LogP) is 2.53. The normalized spacial score (nSPS) is 12.3. The molecule has 0 aliphatic heterocycles. The summed E-state index contributed by atoms with van der Waals surface area (Å²) < 4.78 is 5.28. The van der Waals surface area contributed by atoms with Crippen molar-refractivity contribution in [2.45, 2.75) is 26.4 Å². The molecule has 0 amide bonds. The Hall–Kier alpha value is -2.14. The summed E-state index contributed by atoms with van der Waals surface area (Å²) in [5.74, 6) is -0.429. The number of hydrogen-bond acceptors (Lipinski definition) is 4. The number of pyridine rings is 1. The maximum Gasteiger partial charge on any atom is 0.372 e. The molecule has 0 saturated heterocycles. The Labute approximate surface area is 111 Å². The highest BCUT2D eigenvalue weighted by Gasteiger charge is 2.14. The van der Waals surface area contributed by atoms with Crippen LogP contribution in [0.15, 0.2) is 34.9 Å². The van der Waals surface area contributed by atoms with Crippen molar-refractivity contribution in [1.82, 2.24) is 10.3 Å². The topological polar surface area (TPSA) is 75.4 Å². The fourth-order valence-corrected chi connectivity index (χ4v) is 1.84. The van der Waals surface area contributed by atoms with Gasteiger partial charge < -0.3 is 14.8 Å². The van der Waals surface area contributed by atoms with Gasteiger partial charge in [0.25, 0.3) is 0 Å². The number of furan rings is 1. The average molecular weight is 260 g/mol. The lowest BCUT2D eigenvalue weighted by atomic mass is 10.2. The molecule has 0 bridgehead atoms. The molecular weight excluding hydrogens is 244 g/mol. The first-order chi connectivity index (χ1) is 9.08. The quantitative estimate of drug-likeness (QED) is 0.864. The van der Waals surface area contributed by atoms with Crippen molar-refractivity contribution >= 4 is 5.97 Å². The van der Waals surface area contributed by atoms with E-state index in [2.05, 4.69) is 10.3 Å². The molecule has 0 aliphatic carbocycles. The predicted molar refractivity (Wildman–Crippen MR) is 69.9 cm³/mol. The van der Waals surface area contributed by atoms with Crippen molar-refractivity contribution in [1.29, 1.82) is 0 Å². The third kappa shape index (κ3) is 3.20. The van der Waals surface area contributed by atoms with E-state index in [0.29, 0.717) is 17.9 Å². The van der Waals surface area contributed by atoms with Gasteiger partial charge in [0, 0.05) is 17.8 Å². The first-order valence-electron chi connectivity index (χ1n) is 6.05. The maximum atomic E-state index is 10.9. The van der Waals surface area contributed by atoms with Crippen molar-refractivity contribution < 1.29 is 14.3 Å². The standard InChI is InChI=1S/C14H16N2O3/c1-9-7-11(19-13(9)14(17)18)8-16-10(2)12-5-3-4-6-15-12/h3-7,10,16H,8H2,1-2H3,(H,17,18). The summed E-state index contributed by atoms with van der Waals surface area (Å²) in [5, 5.41) is 12.2. The van der Waals surface area contributed by atoms with Crippen LogP contribution >= 0.6 is 0 Å². The van der Waals surface area contributed by atoms with Gasteiger partial charge in [-0.25, -0.2) is 4.79 Å². The summed E-state index contributed by atoms with van der Waals surface area (Å²) in [6.45, 7) is 4.18. The maximum absolute atomic E-state index is 10.9. The molecule has 2 rings (SSSR count). The van der Waals surface area contributed by atoms with Gasteiger partial charge in [0.1, 0.15) is 5.76 Å². The van der Waals surface area contributed by atoms with Crippen molar-refractivity contribution in [3.63, 3.8) is 0 Å². The zero-order valence-corrected chi connectivity index (χ0v) is 10.9. The van der Waals surface area contributed by atoms with Crippen LogP contribution in [0, 0.1) is 6.92 Å². The average Bonchev–Trinajstić information content (AvgIpc) is 2.78. The van der Waals surface area contributed by atoms with Gasteiger partial charge in [-0.1, -0.05) is 6.07 Å². The smallest absolute Gasteiger partial charge is 0.372 e. The molecular formula is C14H16N2O3. The number of nitrogens with zero attached hydrogens (tertiary/aromatic N) is 1. The SMILES string of the molecule is Cc1cc(CNC(C)c2ccccn2)oc1C(=O)O. The van der Waals surface area contributed by atoms with Crippen molar-refractivity contribution in [2.24, 2.45) is 0 Å². The number of carboxylic acid groups (broad SMARTS) is 1. The van der Waals surface area contributed by atoms with Crippen LogP contribution in [0.4, 0.5) is 0 Å². The first-order valence-corrected chi connectivity index (χ1v) is 6.05. The van der Waals surface area contributed by atoms with Crippen LogP contribution in [0.25, 0.3) is 0 Å². The number of aromatic carboxylic acids is 1. The molecule has 0 aliphatic rings. The number of carbonyl (C=O) groups is 1. The van der Waals surface area contributed by atoms with Crippen molar-refractivity contribution in [3.05, 3.63) is 53.2 Å². The van der Waals surface area contributed by atoms with Crippen LogP contribution in [0.3, 0.4) is 0 Å². The molecule has 2 N–H and O–H groups in total. The fraction of sp³-hybridized carbons (Fsp3) is 0.286. The van der Waals surface area contributed by atoms with Gasteiger partial charge in [-0.05, 0) is 32.0 Å². The van der Waals surface area contributed by atoms with Crippen molar-refractivity contribution in [3.8, 4) is 0 Å². The van der Waals surface area contributed by atoms with Gasteiger partial charge in [-0.15, -0.1) is 0 Å². The Balaban J connectivity index is 1.99. The molecule has 1 unspecified atom stereocenters. The van der Waals surface area contributed by atoms with Crippen LogP contribution in [0.5, 0.6) is 0 Å². The van der Waals surface area contributed by atoms with E-state index in [1.807, 2.05) is 25.1 Å². The molecule has 2 aromatic heterocycles. The minimum Gasteiger partial charge on any atom is -0.475 e. The lowest BCUT2D eigenvalue weighted by molar-refractivity contribution is 0.0659. The second kappa shape index (κ2) is 5.67. The zero-order valence-electron chi connectivity index (χ0n) is 10.9. The third-order valence-corrected chi connectivity index (χ3v) is 2.88. The van der Waals surface area contributed by atoms with Crippen LogP contribution in [-0.4, -0.2) is 16.1 Å². The Kier molecular flexibility index (Phi) is 3.97. The van der Waals surface area contributed by atoms with Crippen LogP contribution in [-0.2, 0) is 6.54 Å². The molecule has 0 fully saturated rings. The highest BCUT2D eigenvalue weighted by molar-refractivity contribution is 5.86. The second-order valence-corrected chi connectivity index (χ2v) is 4.39. The molecule has 0 radical (unpaired) electrons. The molecule has 0 saturated carbocycles. The summed E-state index contributed by atoms with van der Waals surface area (Å²) in [7, 11) is 0. The lowest BCUT2D eigenvalue weighted by Crippen LogP contribution is -2.18. The van der Waals surface area contributed by atoms with Gasteiger partial charge in [-0.3, -0.25) is 4.98 Å². The molecule has 1 atom stereocenters. The van der Waals surface area contributed by atoms with Gasteiger partial charge in [-0.2, -0.15) is 0 Å². The minimum absolute atomic E-state index is 0.00212. The van der Waals surface area contributed by atoms with Gasteiger partial charge in [0.05, 0.1) is 12.2 Å². The number of carboxylic acids is 1. The summed E-state index contributed by atoms with van der Waals surface area (Å²) >= 11 is 0. The van der Waals surface area contributed by atoms with Gasteiger partial charge >= 0.3 is 5.97 Å². The molecule has 5 nitrogen and oxygen atoms in total. The van der Waals surface area contributed by atoms with E-state index in [1.165, 1.54) is 0 Å². The number of aromatic nitrogens is 1. The Morgan fingerprint density at radius 1 is 1.53 bits per heavy atom. The molecule has 19 heavy (non-hydrogen) atoms. The van der Waals surface area contributed by atoms with Gasteiger partial charge in [0.2, 0.25) is 5.76 Å². The van der Waals surface area contributed by atoms with E-state index in [4.69, 9.17) is 9.52 Å². The zero-order chi connectivity index (χ0) is 13.8. The molecule has 0 aromatic carbocycles. The summed E-state index contributed by atoms with van der Waals surface area (Å²) in [5.41, 5.74) is 1.57. The van der Waals surface area contributed by atoms with E-state index < -0.39 is 5.97 Å². The van der Waals surface area contributed by atoms with Crippen LogP contribution in [0.2, 0.25) is 0 Å². The molecule has 0 spiro atoms. The van der Waals surface area contributed by atoms with E-state index in [-0.39, 0.29) is 11.8 Å². The molecule has 5 heteroatoms. The molecule has 100 valence electrons. The minimum atomic E-state index is -1.04. The van der Waals surface area contributed by atoms with E-state index in [9.17, 15) is 4.79 Å². The second-order valence-electron chi connectivity index (χ2n) is 4.39. The van der Waals surface area contributed by atoms with Gasteiger partial charge in [0.15, 0.2) is 0 Å². The fourth-order valence-electron chi connectivity index (χ4n) is 1.84. The highest BCUT2D eigenvalue weighted by atomic mass is 16.4. The number of rotatable bonds is 5. The third-order valence-electron chi connectivity index (χ3n) is 2.88. The number of hydrogen-bond donors (Lipinski definition) is 2. The van der Waals surface area contributed by atoms with Crippen molar-refractivity contribution in [2.75, 3.05) is 0 Å². The molecule has 2 aromatic rings. The Morgan fingerprint density at radius 3 is 2.89 bits per heavy atom. The summed E-state index contributed by atoms with van der Waals surface area (Å²) in [6, 6.07) is 7.54. The first kappa shape index (κ1) is 13.3. The van der Waals surface area contributed by atoms with Crippen LogP contribution < -0.4 is 5.32 Å². The Bertz CT molecular complexity index is 563. The summed E-state index contributed by atoms with van der Waals surface area (Å²) in [6.07, 6.45) is 1.74. The van der Waals surface area contributed by atoms with E-state index in [0.717, 1.165) is 5.69 Å². The lowest BCUT2D eigenvalue weighted by Gasteiger charge is -2.11. The van der Waals surface area contributed by atoms with E-state index >= 15 is 0 Å². The largest absolute Gasteiger partial charge is 0.475 e. The number of aryl methyl sites for hydroxylation is 1. The number of nitrogens with one attached hydrogen (secondary N) is 1. The highest BCUT2D eigenvalue weighted by Crippen LogP contribution is 2.16. The summed E-state index contributed by atoms with van der Waals surface area (Å²) in [4.78, 5) is 15.1. The molecule has 2 heterocycles. The van der Waals surface area contributed by atoms with Crippen LogP contribution in [0.1, 0.15) is 40.5 Å².